The Bertz CT molecular complexity index is 971. The molecule has 0 radical (unpaired) electrons. The van der Waals surface area contributed by atoms with Crippen LogP contribution in [0.4, 0.5) is 0 Å². The SMILES string of the molecule is O=C(CCn1cnc2ccccc2c1=O)N1CCC(Cn2cccn2)CC1. The predicted octanol–water partition coefficient (Wildman–Crippen LogP) is 1.92. The van der Waals surface area contributed by atoms with E-state index in [1.807, 2.05) is 40.0 Å². The van der Waals surface area contributed by atoms with Gasteiger partial charge in [0.05, 0.1) is 17.2 Å². The summed E-state index contributed by atoms with van der Waals surface area (Å²) in [6.45, 7) is 2.82. The lowest BCUT2D eigenvalue weighted by Gasteiger charge is -2.32. The smallest absolute Gasteiger partial charge is 0.261 e. The Balaban J connectivity index is 1.31. The average Bonchev–Trinajstić information content (AvgIpc) is 3.21. The van der Waals surface area contributed by atoms with E-state index in [-0.39, 0.29) is 11.5 Å². The first-order chi connectivity index (χ1) is 13.2. The van der Waals surface area contributed by atoms with Crippen molar-refractivity contribution >= 4 is 16.8 Å². The Morgan fingerprint density at radius 3 is 2.74 bits per heavy atom. The van der Waals surface area contributed by atoms with E-state index in [1.54, 1.807) is 12.3 Å². The molecule has 0 saturated carbocycles. The molecule has 0 spiro atoms. The monoisotopic (exact) mass is 365 g/mol. The average molecular weight is 365 g/mol. The third-order valence-corrected chi connectivity index (χ3v) is 5.27. The number of likely N-dealkylation sites (tertiary alicyclic amines) is 1. The van der Waals surface area contributed by atoms with Gasteiger partial charge in [-0.2, -0.15) is 5.10 Å². The second-order valence-electron chi connectivity index (χ2n) is 7.06. The lowest BCUT2D eigenvalue weighted by molar-refractivity contribution is -0.132. The third kappa shape index (κ3) is 3.92. The Morgan fingerprint density at radius 2 is 1.96 bits per heavy atom. The molecular formula is C20H23N5O2. The Hall–Kier alpha value is -2.96. The van der Waals surface area contributed by atoms with E-state index in [4.69, 9.17) is 0 Å². The van der Waals surface area contributed by atoms with Crippen LogP contribution in [0.15, 0.2) is 53.8 Å². The number of benzene rings is 1. The van der Waals surface area contributed by atoms with Crippen LogP contribution >= 0.6 is 0 Å². The molecule has 1 amide bonds. The molecular weight excluding hydrogens is 342 g/mol. The number of rotatable bonds is 5. The number of para-hydroxylation sites is 1. The van der Waals surface area contributed by atoms with Gasteiger partial charge in [0, 0.05) is 45.0 Å². The molecule has 3 aromatic rings. The molecule has 0 atom stereocenters. The van der Waals surface area contributed by atoms with E-state index >= 15 is 0 Å². The molecule has 1 aromatic carbocycles. The number of amides is 1. The number of piperidine rings is 1. The number of hydrogen-bond acceptors (Lipinski definition) is 4. The topological polar surface area (TPSA) is 73.0 Å². The Kier molecular flexibility index (Phi) is 5.00. The molecule has 1 aliphatic rings. The number of aromatic nitrogens is 4. The molecule has 0 bridgehead atoms. The normalized spacial score (nSPS) is 15.3. The van der Waals surface area contributed by atoms with Crippen LogP contribution in [0.3, 0.4) is 0 Å². The summed E-state index contributed by atoms with van der Waals surface area (Å²) in [5, 5.41) is 4.84. The maximum Gasteiger partial charge on any atom is 0.261 e. The van der Waals surface area contributed by atoms with Crippen LogP contribution in [0.1, 0.15) is 19.3 Å². The summed E-state index contributed by atoms with van der Waals surface area (Å²) in [6, 6.07) is 9.21. The first-order valence-electron chi connectivity index (χ1n) is 9.40. The summed E-state index contributed by atoms with van der Waals surface area (Å²) >= 11 is 0. The number of carbonyl (C=O) groups excluding carboxylic acids is 1. The summed E-state index contributed by atoms with van der Waals surface area (Å²) < 4.78 is 3.49. The Morgan fingerprint density at radius 1 is 1.15 bits per heavy atom. The molecule has 27 heavy (non-hydrogen) atoms. The minimum atomic E-state index is -0.0914. The van der Waals surface area contributed by atoms with E-state index in [9.17, 15) is 9.59 Å². The second-order valence-corrected chi connectivity index (χ2v) is 7.06. The summed E-state index contributed by atoms with van der Waals surface area (Å²) in [4.78, 5) is 31.3. The summed E-state index contributed by atoms with van der Waals surface area (Å²) in [5.74, 6) is 0.661. The van der Waals surface area contributed by atoms with Gasteiger partial charge in [-0.25, -0.2) is 4.98 Å². The van der Waals surface area contributed by atoms with Gasteiger partial charge in [-0.15, -0.1) is 0 Å². The molecule has 1 fully saturated rings. The van der Waals surface area contributed by atoms with Crippen LogP contribution in [-0.2, 0) is 17.9 Å². The van der Waals surface area contributed by atoms with Gasteiger partial charge in [0.2, 0.25) is 5.91 Å². The van der Waals surface area contributed by atoms with Crippen LogP contribution in [0.2, 0.25) is 0 Å². The van der Waals surface area contributed by atoms with Gasteiger partial charge >= 0.3 is 0 Å². The molecule has 0 unspecified atom stereocenters. The fourth-order valence-corrected chi connectivity index (χ4v) is 3.68. The van der Waals surface area contributed by atoms with Gasteiger partial charge in [0.1, 0.15) is 0 Å². The van der Waals surface area contributed by atoms with Crippen LogP contribution < -0.4 is 5.56 Å². The molecule has 2 aromatic heterocycles. The highest BCUT2D eigenvalue weighted by atomic mass is 16.2. The summed E-state index contributed by atoms with van der Waals surface area (Å²) in [5.41, 5.74) is 0.593. The van der Waals surface area contributed by atoms with Crippen molar-refractivity contribution in [3.05, 3.63) is 59.4 Å². The molecule has 140 valence electrons. The number of aryl methyl sites for hydroxylation is 1. The van der Waals surface area contributed by atoms with Crippen LogP contribution in [-0.4, -0.2) is 43.2 Å². The maximum absolute atomic E-state index is 12.5. The van der Waals surface area contributed by atoms with E-state index in [0.29, 0.717) is 29.8 Å². The first-order valence-corrected chi connectivity index (χ1v) is 9.40. The molecule has 1 saturated heterocycles. The van der Waals surface area contributed by atoms with Crippen LogP contribution in [0, 0.1) is 5.92 Å². The number of nitrogens with zero attached hydrogens (tertiary/aromatic N) is 5. The summed E-state index contributed by atoms with van der Waals surface area (Å²) in [6.07, 6.45) is 7.61. The first kappa shape index (κ1) is 17.5. The summed E-state index contributed by atoms with van der Waals surface area (Å²) in [7, 11) is 0. The zero-order valence-corrected chi connectivity index (χ0v) is 15.2. The van der Waals surface area contributed by atoms with E-state index in [0.717, 1.165) is 32.5 Å². The van der Waals surface area contributed by atoms with E-state index in [1.165, 1.54) is 10.9 Å². The number of fused-ring (bicyclic) bond motifs is 1. The van der Waals surface area contributed by atoms with E-state index in [2.05, 4.69) is 10.1 Å². The minimum Gasteiger partial charge on any atom is -0.343 e. The highest BCUT2D eigenvalue weighted by Crippen LogP contribution is 2.19. The van der Waals surface area contributed by atoms with Crippen LogP contribution in [0.25, 0.3) is 10.9 Å². The van der Waals surface area contributed by atoms with Crippen molar-refractivity contribution in [3.63, 3.8) is 0 Å². The van der Waals surface area contributed by atoms with E-state index < -0.39 is 0 Å². The van der Waals surface area contributed by atoms with Gasteiger partial charge in [0.15, 0.2) is 0 Å². The fourth-order valence-electron chi connectivity index (χ4n) is 3.68. The zero-order chi connectivity index (χ0) is 18.6. The lowest BCUT2D eigenvalue weighted by Crippen LogP contribution is -2.40. The van der Waals surface area contributed by atoms with Crippen molar-refractivity contribution in [2.24, 2.45) is 5.92 Å². The van der Waals surface area contributed by atoms with Gasteiger partial charge in [-0.3, -0.25) is 18.8 Å². The second kappa shape index (κ2) is 7.73. The van der Waals surface area contributed by atoms with Crippen molar-refractivity contribution < 1.29 is 4.79 Å². The van der Waals surface area contributed by atoms with Crippen molar-refractivity contribution in [2.75, 3.05) is 13.1 Å². The molecule has 4 rings (SSSR count). The fraction of sp³-hybridized carbons (Fsp3) is 0.400. The minimum absolute atomic E-state index is 0.0914. The quantitative estimate of drug-likeness (QED) is 0.692. The molecule has 0 aliphatic carbocycles. The maximum atomic E-state index is 12.5. The zero-order valence-electron chi connectivity index (χ0n) is 15.2. The predicted molar refractivity (Wildman–Crippen MR) is 102 cm³/mol. The van der Waals surface area contributed by atoms with Crippen LogP contribution in [0.5, 0.6) is 0 Å². The molecule has 7 heteroatoms. The van der Waals surface area contributed by atoms with Gasteiger partial charge in [-0.1, -0.05) is 12.1 Å². The highest BCUT2D eigenvalue weighted by molar-refractivity contribution is 5.77. The molecule has 0 N–H and O–H groups in total. The molecule has 7 nitrogen and oxygen atoms in total. The van der Waals surface area contributed by atoms with Crippen molar-refractivity contribution in [3.8, 4) is 0 Å². The van der Waals surface area contributed by atoms with Gasteiger partial charge in [0.25, 0.3) is 5.56 Å². The molecule has 3 heterocycles. The van der Waals surface area contributed by atoms with Gasteiger partial charge < -0.3 is 4.90 Å². The largest absolute Gasteiger partial charge is 0.343 e. The highest BCUT2D eigenvalue weighted by Gasteiger charge is 2.23. The number of hydrogen-bond donors (Lipinski definition) is 0. The molecule has 1 aliphatic heterocycles. The lowest BCUT2D eigenvalue weighted by atomic mass is 9.96. The Labute approximate surface area is 157 Å². The third-order valence-electron chi connectivity index (χ3n) is 5.27. The number of carbonyl (C=O) groups is 1. The van der Waals surface area contributed by atoms with Gasteiger partial charge in [-0.05, 0) is 37.0 Å². The van der Waals surface area contributed by atoms with Crippen molar-refractivity contribution in [1.29, 1.82) is 0 Å². The van der Waals surface area contributed by atoms with Crippen molar-refractivity contribution in [2.45, 2.75) is 32.4 Å². The standard InChI is InChI=1S/C20H23N5O2/c26-19(23-11-6-16(7-12-23)14-25-10-3-9-22-25)8-13-24-15-21-18-5-2-1-4-17(18)20(24)27/h1-5,9-10,15-16H,6-8,11-14H2. The van der Waals surface area contributed by atoms with Crippen molar-refractivity contribution in [1.82, 2.24) is 24.2 Å².